The number of aromatic nitrogens is 2. The second-order valence-corrected chi connectivity index (χ2v) is 4.36. The van der Waals surface area contributed by atoms with Crippen molar-refractivity contribution in [1.29, 1.82) is 0 Å². The molecular weight excluding hydrogens is 230 g/mol. The van der Waals surface area contributed by atoms with E-state index >= 15 is 0 Å². The zero-order valence-corrected chi connectivity index (χ0v) is 10.2. The van der Waals surface area contributed by atoms with Crippen LogP contribution in [0.4, 0.5) is 5.69 Å². The number of rotatable bonds is 1. The van der Waals surface area contributed by atoms with Gasteiger partial charge in [0.15, 0.2) is 6.61 Å². The van der Waals surface area contributed by atoms with E-state index in [1.807, 2.05) is 32.0 Å². The number of hydrogen-bond acceptors (Lipinski definition) is 3. The highest BCUT2D eigenvalue weighted by molar-refractivity contribution is 5.96. The van der Waals surface area contributed by atoms with Crippen molar-refractivity contribution in [1.82, 2.24) is 10.2 Å². The van der Waals surface area contributed by atoms with E-state index in [9.17, 15) is 4.79 Å². The standard InChI is InChI=1S/C13H13N3O2/c1-7-13(8(2)16-15-7)9-3-4-11-10(5-9)14-12(17)6-18-11/h3-5H,6H2,1-2H3,(H,14,17)(H,15,16). The minimum absolute atomic E-state index is 0.0795. The van der Waals surface area contributed by atoms with Gasteiger partial charge in [-0.3, -0.25) is 9.89 Å². The number of fused-ring (bicyclic) bond motifs is 1. The summed E-state index contributed by atoms with van der Waals surface area (Å²) in [5, 5.41) is 9.94. The summed E-state index contributed by atoms with van der Waals surface area (Å²) in [6.45, 7) is 4.01. The van der Waals surface area contributed by atoms with E-state index in [1.165, 1.54) is 0 Å². The summed E-state index contributed by atoms with van der Waals surface area (Å²) in [6, 6.07) is 5.76. The number of nitrogens with one attached hydrogen (secondary N) is 2. The Balaban J connectivity index is 2.10. The van der Waals surface area contributed by atoms with Crippen LogP contribution in [0, 0.1) is 13.8 Å². The van der Waals surface area contributed by atoms with Crippen molar-refractivity contribution in [3.8, 4) is 16.9 Å². The van der Waals surface area contributed by atoms with Crippen LogP contribution in [-0.2, 0) is 4.79 Å². The molecule has 0 bridgehead atoms. The van der Waals surface area contributed by atoms with Gasteiger partial charge in [-0.1, -0.05) is 6.07 Å². The number of hydrogen-bond donors (Lipinski definition) is 2. The third kappa shape index (κ3) is 1.64. The van der Waals surface area contributed by atoms with Gasteiger partial charge in [0, 0.05) is 11.3 Å². The SMILES string of the molecule is Cc1n[nH]c(C)c1-c1ccc2c(c1)NC(=O)CO2. The Hall–Kier alpha value is -2.30. The molecule has 0 radical (unpaired) electrons. The van der Waals surface area contributed by atoms with Crippen molar-refractivity contribution < 1.29 is 9.53 Å². The molecule has 1 aliphatic heterocycles. The van der Waals surface area contributed by atoms with Crippen LogP contribution in [-0.4, -0.2) is 22.7 Å². The van der Waals surface area contributed by atoms with Gasteiger partial charge in [0.05, 0.1) is 11.4 Å². The zero-order chi connectivity index (χ0) is 12.7. The van der Waals surface area contributed by atoms with Gasteiger partial charge in [0.1, 0.15) is 5.75 Å². The first-order chi connectivity index (χ1) is 8.65. The van der Waals surface area contributed by atoms with E-state index in [0.29, 0.717) is 11.4 Å². The lowest BCUT2D eigenvalue weighted by atomic mass is 10.0. The van der Waals surface area contributed by atoms with E-state index in [4.69, 9.17) is 4.74 Å². The monoisotopic (exact) mass is 243 g/mol. The number of aromatic amines is 1. The Labute approximate surface area is 104 Å². The first kappa shape index (κ1) is 10.8. The first-order valence-corrected chi connectivity index (χ1v) is 5.74. The van der Waals surface area contributed by atoms with Gasteiger partial charge in [-0.05, 0) is 31.5 Å². The minimum atomic E-state index is -0.125. The predicted molar refractivity (Wildman–Crippen MR) is 67.6 cm³/mol. The lowest BCUT2D eigenvalue weighted by Gasteiger charge is -2.18. The molecule has 2 N–H and O–H groups in total. The molecule has 0 spiro atoms. The third-order valence-corrected chi connectivity index (χ3v) is 3.03. The maximum Gasteiger partial charge on any atom is 0.262 e. The summed E-state index contributed by atoms with van der Waals surface area (Å²) in [6.07, 6.45) is 0. The Morgan fingerprint density at radius 1 is 1.33 bits per heavy atom. The maximum atomic E-state index is 11.3. The number of nitrogens with zero attached hydrogens (tertiary/aromatic N) is 1. The van der Waals surface area contributed by atoms with Crippen LogP contribution < -0.4 is 10.1 Å². The highest BCUT2D eigenvalue weighted by Gasteiger charge is 2.17. The fourth-order valence-corrected chi connectivity index (χ4v) is 2.21. The summed E-state index contributed by atoms with van der Waals surface area (Å²) in [5.41, 5.74) is 4.75. The van der Waals surface area contributed by atoms with Gasteiger partial charge in [-0.15, -0.1) is 0 Å². The van der Waals surface area contributed by atoms with E-state index in [-0.39, 0.29) is 12.5 Å². The predicted octanol–water partition coefficient (Wildman–Crippen LogP) is 2.02. The molecule has 5 heteroatoms. The second kappa shape index (κ2) is 3.87. The maximum absolute atomic E-state index is 11.3. The highest BCUT2D eigenvalue weighted by Crippen LogP contribution is 2.34. The molecule has 1 aromatic heterocycles. The van der Waals surface area contributed by atoms with Gasteiger partial charge in [0.2, 0.25) is 0 Å². The largest absolute Gasteiger partial charge is 0.482 e. The lowest BCUT2D eigenvalue weighted by Crippen LogP contribution is -2.25. The minimum Gasteiger partial charge on any atom is -0.482 e. The van der Waals surface area contributed by atoms with Gasteiger partial charge >= 0.3 is 0 Å². The van der Waals surface area contributed by atoms with Crippen LogP contribution >= 0.6 is 0 Å². The number of benzene rings is 1. The Kier molecular flexibility index (Phi) is 2.33. The van der Waals surface area contributed by atoms with Gasteiger partial charge in [-0.2, -0.15) is 5.10 Å². The molecule has 0 fully saturated rings. The molecule has 2 heterocycles. The van der Waals surface area contributed by atoms with E-state index < -0.39 is 0 Å². The van der Waals surface area contributed by atoms with Gasteiger partial charge in [-0.25, -0.2) is 0 Å². The molecular formula is C13H13N3O2. The molecule has 0 atom stereocenters. The Morgan fingerprint density at radius 3 is 2.89 bits per heavy atom. The van der Waals surface area contributed by atoms with Crippen molar-refractivity contribution >= 4 is 11.6 Å². The number of aryl methyl sites for hydroxylation is 2. The molecule has 0 saturated heterocycles. The van der Waals surface area contributed by atoms with Crippen molar-refractivity contribution in [2.45, 2.75) is 13.8 Å². The number of carbonyl (C=O) groups excluding carboxylic acids is 1. The van der Waals surface area contributed by atoms with E-state index in [0.717, 1.165) is 22.5 Å². The summed E-state index contributed by atoms with van der Waals surface area (Å²) in [7, 11) is 0. The van der Waals surface area contributed by atoms with Crippen LogP contribution in [0.5, 0.6) is 5.75 Å². The first-order valence-electron chi connectivity index (χ1n) is 5.74. The number of carbonyl (C=O) groups is 1. The molecule has 18 heavy (non-hydrogen) atoms. The molecule has 2 aromatic rings. The second-order valence-electron chi connectivity index (χ2n) is 4.36. The molecule has 0 aliphatic carbocycles. The van der Waals surface area contributed by atoms with Crippen LogP contribution in [0.15, 0.2) is 18.2 Å². The zero-order valence-electron chi connectivity index (χ0n) is 10.2. The summed E-state index contributed by atoms with van der Waals surface area (Å²) >= 11 is 0. The molecule has 92 valence electrons. The number of anilines is 1. The fourth-order valence-electron chi connectivity index (χ4n) is 2.21. The summed E-state index contributed by atoms with van der Waals surface area (Å²) in [5.74, 6) is 0.581. The molecule has 1 amide bonds. The average molecular weight is 243 g/mol. The molecule has 0 saturated carbocycles. The average Bonchev–Trinajstić information content (AvgIpc) is 2.68. The van der Waals surface area contributed by atoms with Crippen LogP contribution in [0.1, 0.15) is 11.4 Å². The van der Waals surface area contributed by atoms with E-state index in [1.54, 1.807) is 0 Å². The van der Waals surface area contributed by atoms with Crippen molar-refractivity contribution in [3.63, 3.8) is 0 Å². The van der Waals surface area contributed by atoms with Crippen molar-refractivity contribution in [3.05, 3.63) is 29.6 Å². The van der Waals surface area contributed by atoms with Crippen molar-refractivity contribution in [2.24, 2.45) is 0 Å². The van der Waals surface area contributed by atoms with Crippen LogP contribution in [0.3, 0.4) is 0 Å². The summed E-state index contributed by atoms with van der Waals surface area (Å²) < 4.78 is 5.33. The molecule has 1 aliphatic rings. The summed E-state index contributed by atoms with van der Waals surface area (Å²) in [4.78, 5) is 11.3. The quantitative estimate of drug-likeness (QED) is 0.805. The molecule has 1 aromatic carbocycles. The van der Waals surface area contributed by atoms with Gasteiger partial charge < -0.3 is 10.1 Å². The van der Waals surface area contributed by atoms with Crippen LogP contribution in [0.25, 0.3) is 11.1 Å². The Bertz CT molecular complexity index is 612. The number of amides is 1. The normalized spacial score (nSPS) is 13.8. The lowest BCUT2D eigenvalue weighted by molar-refractivity contribution is -0.118. The molecule has 3 rings (SSSR count). The van der Waals surface area contributed by atoms with Crippen molar-refractivity contribution in [2.75, 3.05) is 11.9 Å². The van der Waals surface area contributed by atoms with Gasteiger partial charge in [0.25, 0.3) is 5.91 Å². The van der Waals surface area contributed by atoms with Crippen LogP contribution in [0.2, 0.25) is 0 Å². The third-order valence-electron chi connectivity index (χ3n) is 3.03. The molecule has 5 nitrogen and oxygen atoms in total. The van der Waals surface area contributed by atoms with E-state index in [2.05, 4.69) is 15.5 Å². The smallest absolute Gasteiger partial charge is 0.262 e. The molecule has 0 unspecified atom stereocenters. The fraction of sp³-hybridized carbons (Fsp3) is 0.231. The topological polar surface area (TPSA) is 67.0 Å². The number of ether oxygens (including phenoxy) is 1. The highest BCUT2D eigenvalue weighted by atomic mass is 16.5. The Morgan fingerprint density at radius 2 is 2.17 bits per heavy atom. The number of H-pyrrole nitrogens is 1.